The molecule has 1 unspecified atom stereocenters. The first-order valence-electron chi connectivity index (χ1n) is 7.73. The zero-order chi connectivity index (χ0) is 14.7. The smallest absolute Gasteiger partial charge is 0.0573 e. The van der Waals surface area contributed by atoms with Crippen LogP contribution in [0.3, 0.4) is 0 Å². The maximum absolute atomic E-state index is 4.61. The molecule has 1 atom stereocenters. The highest BCUT2D eigenvalue weighted by Crippen LogP contribution is 2.32. The number of benzene rings is 1. The summed E-state index contributed by atoms with van der Waals surface area (Å²) >= 11 is 1.81. The second-order valence-corrected chi connectivity index (χ2v) is 6.70. The van der Waals surface area contributed by atoms with E-state index in [2.05, 4.69) is 47.6 Å². The minimum atomic E-state index is 0.351. The Labute approximate surface area is 131 Å². The molecule has 21 heavy (non-hydrogen) atoms. The van der Waals surface area contributed by atoms with Gasteiger partial charge in [0.25, 0.3) is 0 Å². The number of aryl methyl sites for hydroxylation is 2. The highest BCUT2D eigenvalue weighted by molar-refractivity contribution is 7.99. The standard InChI is InChI=1S/C18H22N2S/c1-3-17(19-2)18-10-9-16(12-20-18)21-15-8-7-13-5-4-6-14(13)11-15/h7-12,17,19H,3-6H2,1-2H3. The minimum Gasteiger partial charge on any atom is -0.312 e. The zero-order valence-corrected chi connectivity index (χ0v) is 13.5. The van der Waals surface area contributed by atoms with Gasteiger partial charge in [0.2, 0.25) is 0 Å². The molecule has 1 aromatic carbocycles. The highest BCUT2D eigenvalue weighted by Gasteiger charge is 2.12. The SMILES string of the molecule is CCC(NC)c1ccc(Sc2ccc3c(c2)CCC3)cn1. The molecule has 2 nitrogen and oxygen atoms in total. The number of hydrogen-bond acceptors (Lipinski definition) is 3. The Morgan fingerprint density at radius 1 is 1.14 bits per heavy atom. The third-order valence-corrected chi connectivity index (χ3v) is 5.15. The second kappa shape index (κ2) is 6.63. The lowest BCUT2D eigenvalue weighted by Crippen LogP contribution is -2.16. The monoisotopic (exact) mass is 298 g/mol. The molecule has 3 heteroatoms. The van der Waals surface area contributed by atoms with Gasteiger partial charge in [-0.2, -0.15) is 0 Å². The molecule has 1 aliphatic rings. The van der Waals surface area contributed by atoms with Crippen LogP contribution in [-0.2, 0) is 12.8 Å². The van der Waals surface area contributed by atoms with Gasteiger partial charge in [-0.15, -0.1) is 0 Å². The van der Waals surface area contributed by atoms with Crippen molar-refractivity contribution < 1.29 is 0 Å². The van der Waals surface area contributed by atoms with Crippen LogP contribution in [0.4, 0.5) is 0 Å². The Morgan fingerprint density at radius 3 is 2.67 bits per heavy atom. The highest BCUT2D eigenvalue weighted by atomic mass is 32.2. The number of nitrogens with zero attached hydrogens (tertiary/aromatic N) is 1. The van der Waals surface area contributed by atoms with E-state index in [0.717, 1.165) is 12.1 Å². The van der Waals surface area contributed by atoms with Crippen molar-refractivity contribution in [2.45, 2.75) is 48.4 Å². The molecule has 0 fully saturated rings. The fraction of sp³-hybridized carbons (Fsp3) is 0.389. The molecule has 0 spiro atoms. The van der Waals surface area contributed by atoms with Crippen LogP contribution in [0.2, 0.25) is 0 Å². The molecule has 3 rings (SSSR count). The number of nitrogens with one attached hydrogen (secondary N) is 1. The summed E-state index contributed by atoms with van der Waals surface area (Å²) < 4.78 is 0. The largest absolute Gasteiger partial charge is 0.312 e. The summed E-state index contributed by atoms with van der Waals surface area (Å²) in [6.45, 7) is 2.18. The Bertz CT molecular complexity index is 603. The number of rotatable bonds is 5. The molecule has 1 heterocycles. The van der Waals surface area contributed by atoms with E-state index in [1.165, 1.54) is 40.2 Å². The van der Waals surface area contributed by atoms with Crippen LogP contribution in [0.1, 0.15) is 42.6 Å². The van der Waals surface area contributed by atoms with Gasteiger partial charge in [-0.1, -0.05) is 24.8 Å². The fourth-order valence-corrected chi connectivity index (χ4v) is 3.82. The van der Waals surface area contributed by atoms with Crippen molar-refractivity contribution in [1.29, 1.82) is 0 Å². The molecule has 2 aromatic rings. The third-order valence-electron chi connectivity index (χ3n) is 4.18. The predicted octanol–water partition coefficient (Wildman–Crippen LogP) is 4.39. The second-order valence-electron chi connectivity index (χ2n) is 5.55. The van der Waals surface area contributed by atoms with Crippen LogP contribution in [0.15, 0.2) is 46.3 Å². The van der Waals surface area contributed by atoms with Gasteiger partial charge in [-0.05, 0) is 68.1 Å². The van der Waals surface area contributed by atoms with Gasteiger partial charge in [0.15, 0.2) is 0 Å². The van der Waals surface area contributed by atoms with E-state index >= 15 is 0 Å². The van der Waals surface area contributed by atoms with E-state index < -0.39 is 0 Å². The Balaban J connectivity index is 1.73. The predicted molar refractivity (Wildman–Crippen MR) is 88.9 cm³/mol. The molecule has 0 bridgehead atoms. The summed E-state index contributed by atoms with van der Waals surface area (Å²) in [6.07, 6.45) is 6.84. The molecule has 1 aliphatic carbocycles. The van der Waals surface area contributed by atoms with E-state index in [9.17, 15) is 0 Å². The molecule has 0 radical (unpaired) electrons. The van der Waals surface area contributed by atoms with Crippen molar-refractivity contribution in [2.24, 2.45) is 0 Å². The van der Waals surface area contributed by atoms with Gasteiger partial charge in [-0.25, -0.2) is 0 Å². The normalized spacial score (nSPS) is 15.0. The summed E-state index contributed by atoms with van der Waals surface area (Å²) in [7, 11) is 1.99. The van der Waals surface area contributed by atoms with E-state index in [-0.39, 0.29) is 0 Å². The van der Waals surface area contributed by atoms with Crippen molar-refractivity contribution in [1.82, 2.24) is 10.3 Å². The maximum atomic E-state index is 4.61. The van der Waals surface area contributed by atoms with Crippen molar-refractivity contribution in [3.63, 3.8) is 0 Å². The van der Waals surface area contributed by atoms with Gasteiger partial charge in [0, 0.05) is 22.0 Å². The lowest BCUT2D eigenvalue weighted by molar-refractivity contribution is 0.561. The third kappa shape index (κ3) is 3.30. The summed E-state index contributed by atoms with van der Waals surface area (Å²) in [6, 6.07) is 11.6. The first kappa shape index (κ1) is 14.6. The van der Waals surface area contributed by atoms with E-state index in [4.69, 9.17) is 0 Å². The van der Waals surface area contributed by atoms with Gasteiger partial charge in [0.05, 0.1) is 5.69 Å². The molecule has 1 N–H and O–H groups in total. The van der Waals surface area contributed by atoms with Crippen molar-refractivity contribution in [3.05, 3.63) is 53.3 Å². The summed E-state index contributed by atoms with van der Waals surface area (Å²) in [5.74, 6) is 0. The first-order chi connectivity index (χ1) is 10.3. The Kier molecular flexibility index (Phi) is 4.61. The molecule has 0 amide bonds. The molecule has 0 aliphatic heterocycles. The minimum absolute atomic E-state index is 0.351. The fourth-order valence-electron chi connectivity index (χ4n) is 2.97. The van der Waals surface area contributed by atoms with Crippen LogP contribution in [0, 0.1) is 0 Å². The van der Waals surface area contributed by atoms with E-state index in [1.54, 1.807) is 11.8 Å². The average molecular weight is 298 g/mol. The van der Waals surface area contributed by atoms with Crippen LogP contribution in [0.25, 0.3) is 0 Å². The van der Waals surface area contributed by atoms with Gasteiger partial charge in [0.1, 0.15) is 0 Å². The number of aromatic nitrogens is 1. The molecular weight excluding hydrogens is 276 g/mol. The van der Waals surface area contributed by atoms with Crippen LogP contribution in [-0.4, -0.2) is 12.0 Å². The van der Waals surface area contributed by atoms with E-state index in [1.807, 2.05) is 13.2 Å². The number of pyridine rings is 1. The van der Waals surface area contributed by atoms with Crippen LogP contribution in [0.5, 0.6) is 0 Å². The van der Waals surface area contributed by atoms with E-state index in [0.29, 0.717) is 6.04 Å². The van der Waals surface area contributed by atoms with Crippen molar-refractivity contribution >= 4 is 11.8 Å². The van der Waals surface area contributed by atoms with Crippen LogP contribution >= 0.6 is 11.8 Å². The summed E-state index contributed by atoms with van der Waals surface area (Å²) in [4.78, 5) is 7.14. The van der Waals surface area contributed by atoms with Crippen molar-refractivity contribution in [3.8, 4) is 0 Å². The van der Waals surface area contributed by atoms with Gasteiger partial charge >= 0.3 is 0 Å². The topological polar surface area (TPSA) is 24.9 Å². The lowest BCUT2D eigenvalue weighted by atomic mass is 10.1. The molecule has 0 saturated carbocycles. The maximum Gasteiger partial charge on any atom is 0.0573 e. The Hall–Kier alpha value is -1.32. The molecular formula is C18H22N2S. The van der Waals surface area contributed by atoms with Crippen molar-refractivity contribution in [2.75, 3.05) is 7.05 Å². The zero-order valence-electron chi connectivity index (χ0n) is 12.7. The molecule has 110 valence electrons. The lowest BCUT2D eigenvalue weighted by Gasteiger charge is -2.13. The molecule has 1 aromatic heterocycles. The summed E-state index contributed by atoms with van der Waals surface area (Å²) in [5, 5.41) is 3.30. The van der Waals surface area contributed by atoms with Gasteiger partial charge < -0.3 is 5.32 Å². The Morgan fingerprint density at radius 2 is 1.95 bits per heavy atom. The first-order valence-corrected chi connectivity index (χ1v) is 8.54. The summed E-state index contributed by atoms with van der Waals surface area (Å²) in [5.41, 5.74) is 4.19. The van der Waals surface area contributed by atoms with Crippen LogP contribution < -0.4 is 5.32 Å². The van der Waals surface area contributed by atoms with Gasteiger partial charge in [-0.3, -0.25) is 4.98 Å². The molecule has 0 saturated heterocycles. The number of fused-ring (bicyclic) bond motifs is 1. The number of hydrogen-bond donors (Lipinski definition) is 1. The quantitative estimate of drug-likeness (QED) is 0.886. The average Bonchev–Trinajstić information content (AvgIpc) is 2.98.